The van der Waals surface area contributed by atoms with Gasteiger partial charge in [0.15, 0.2) is 0 Å². The molecule has 0 bridgehead atoms. The fraction of sp³-hybridized carbons (Fsp3) is 0.278. The molecule has 0 aliphatic rings. The van der Waals surface area contributed by atoms with Crippen LogP contribution < -0.4 is 15.8 Å². The maximum absolute atomic E-state index is 13.6. The van der Waals surface area contributed by atoms with Crippen molar-refractivity contribution in [3.05, 3.63) is 59.9 Å². The number of anilines is 1. The number of ether oxygens (including phenoxy) is 1. The van der Waals surface area contributed by atoms with E-state index in [0.29, 0.717) is 36.6 Å². The van der Waals surface area contributed by atoms with Gasteiger partial charge in [0.25, 0.3) is 0 Å². The van der Waals surface area contributed by atoms with Gasteiger partial charge in [0, 0.05) is 18.2 Å². The van der Waals surface area contributed by atoms with Gasteiger partial charge < -0.3 is 15.8 Å². The van der Waals surface area contributed by atoms with Crippen molar-refractivity contribution in [1.82, 2.24) is 0 Å². The lowest BCUT2D eigenvalue weighted by molar-refractivity contribution is -0.119. The van der Waals surface area contributed by atoms with Crippen molar-refractivity contribution in [1.29, 1.82) is 0 Å². The molecule has 1 amide bonds. The highest BCUT2D eigenvalue weighted by atomic mass is 35.5. The van der Waals surface area contributed by atoms with Gasteiger partial charge in [-0.25, -0.2) is 4.39 Å². The van der Waals surface area contributed by atoms with Crippen LogP contribution in [0.5, 0.6) is 5.75 Å². The van der Waals surface area contributed by atoms with E-state index in [2.05, 4.69) is 5.32 Å². The first kappa shape index (κ1) is 19.9. The Morgan fingerprint density at radius 2 is 1.88 bits per heavy atom. The molecule has 130 valence electrons. The van der Waals surface area contributed by atoms with Crippen LogP contribution in [0, 0.1) is 11.7 Å². The van der Waals surface area contributed by atoms with Crippen LogP contribution in [0.15, 0.2) is 48.5 Å². The number of benzene rings is 2. The Labute approximate surface area is 147 Å². The summed E-state index contributed by atoms with van der Waals surface area (Å²) in [7, 11) is 0. The van der Waals surface area contributed by atoms with E-state index in [1.165, 1.54) is 6.07 Å². The van der Waals surface area contributed by atoms with Crippen molar-refractivity contribution in [2.75, 3.05) is 18.5 Å². The van der Waals surface area contributed by atoms with Gasteiger partial charge in [-0.05, 0) is 42.3 Å². The number of nitrogens with two attached hydrogens (primary N) is 1. The predicted octanol–water partition coefficient (Wildman–Crippen LogP) is 3.40. The standard InChI is InChI=1S/C18H21FN2O2.ClH/c1-13(12-14-4-2-3-5-17(14)19)18(22)21-15-6-8-16(9-7-15)23-11-10-20;/h2-9,13H,10-12,20H2,1H3,(H,21,22);1H. The van der Waals surface area contributed by atoms with E-state index in [-0.39, 0.29) is 30.0 Å². The minimum Gasteiger partial charge on any atom is -0.492 e. The van der Waals surface area contributed by atoms with Crippen LogP contribution in [-0.2, 0) is 11.2 Å². The van der Waals surface area contributed by atoms with Crippen LogP contribution >= 0.6 is 12.4 Å². The summed E-state index contributed by atoms with van der Waals surface area (Å²) in [6.45, 7) is 2.68. The lowest BCUT2D eigenvalue weighted by Gasteiger charge is -2.13. The first-order valence-electron chi connectivity index (χ1n) is 7.57. The Balaban J connectivity index is 0.00000288. The number of amides is 1. The Morgan fingerprint density at radius 3 is 2.50 bits per heavy atom. The van der Waals surface area contributed by atoms with Crippen LogP contribution in [0.1, 0.15) is 12.5 Å². The van der Waals surface area contributed by atoms with Gasteiger partial charge in [0.05, 0.1) is 0 Å². The van der Waals surface area contributed by atoms with Gasteiger partial charge in [0.2, 0.25) is 5.91 Å². The molecule has 3 N–H and O–H groups in total. The molecule has 0 aromatic heterocycles. The molecule has 6 heteroatoms. The van der Waals surface area contributed by atoms with E-state index in [0.717, 1.165) is 0 Å². The van der Waals surface area contributed by atoms with Gasteiger partial charge in [-0.1, -0.05) is 25.1 Å². The fourth-order valence-electron chi connectivity index (χ4n) is 2.16. The monoisotopic (exact) mass is 352 g/mol. The maximum Gasteiger partial charge on any atom is 0.227 e. The van der Waals surface area contributed by atoms with E-state index in [1.807, 2.05) is 0 Å². The second-order valence-corrected chi connectivity index (χ2v) is 5.35. The number of carbonyl (C=O) groups is 1. The molecule has 2 aromatic rings. The predicted molar refractivity (Wildman–Crippen MR) is 96.1 cm³/mol. The topological polar surface area (TPSA) is 64.3 Å². The zero-order chi connectivity index (χ0) is 16.7. The first-order valence-corrected chi connectivity index (χ1v) is 7.57. The molecule has 0 aliphatic heterocycles. The third kappa shape index (κ3) is 5.83. The zero-order valence-electron chi connectivity index (χ0n) is 13.5. The lowest BCUT2D eigenvalue weighted by Crippen LogP contribution is -2.22. The van der Waals surface area contributed by atoms with Gasteiger partial charge >= 0.3 is 0 Å². The zero-order valence-corrected chi connectivity index (χ0v) is 14.3. The number of halogens is 2. The third-order valence-corrected chi connectivity index (χ3v) is 3.44. The minimum atomic E-state index is -0.333. The second-order valence-electron chi connectivity index (χ2n) is 5.35. The van der Waals surface area contributed by atoms with Crippen LogP contribution in [0.25, 0.3) is 0 Å². The number of hydrogen-bond donors (Lipinski definition) is 2. The van der Waals surface area contributed by atoms with Crippen molar-refractivity contribution in [2.45, 2.75) is 13.3 Å². The van der Waals surface area contributed by atoms with E-state index >= 15 is 0 Å². The Bertz CT molecular complexity index is 650. The average Bonchev–Trinajstić information content (AvgIpc) is 2.56. The molecule has 0 saturated carbocycles. The Morgan fingerprint density at radius 1 is 1.21 bits per heavy atom. The molecule has 1 atom stereocenters. The Kier molecular flexibility index (Phi) is 8.22. The lowest BCUT2D eigenvalue weighted by atomic mass is 10.00. The van der Waals surface area contributed by atoms with Gasteiger partial charge in [0.1, 0.15) is 18.2 Å². The number of rotatable bonds is 7. The molecule has 4 nitrogen and oxygen atoms in total. The van der Waals surface area contributed by atoms with Gasteiger partial charge in [-0.2, -0.15) is 0 Å². The fourth-order valence-corrected chi connectivity index (χ4v) is 2.16. The summed E-state index contributed by atoms with van der Waals surface area (Å²) >= 11 is 0. The second kappa shape index (κ2) is 9.90. The largest absolute Gasteiger partial charge is 0.492 e. The molecule has 0 saturated heterocycles. The normalized spacial score (nSPS) is 11.3. The summed E-state index contributed by atoms with van der Waals surface area (Å²) in [5.74, 6) is -0.0645. The summed E-state index contributed by atoms with van der Waals surface area (Å²) in [5, 5.41) is 2.82. The van der Waals surface area contributed by atoms with E-state index < -0.39 is 0 Å². The molecule has 0 heterocycles. The van der Waals surface area contributed by atoms with Crippen LogP contribution in [0.4, 0.5) is 10.1 Å². The summed E-state index contributed by atoms with van der Waals surface area (Å²) in [4.78, 5) is 12.2. The van der Waals surface area contributed by atoms with E-state index in [9.17, 15) is 9.18 Å². The highest BCUT2D eigenvalue weighted by Crippen LogP contribution is 2.18. The smallest absolute Gasteiger partial charge is 0.227 e. The summed E-state index contributed by atoms with van der Waals surface area (Å²) < 4.78 is 19.0. The van der Waals surface area contributed by atoms with Crippen molar-refractivity contribution in [3.8, 4) is 5.75 Å². The summed E-state index contributed by atoms with van der Waals surface area (Å²) in [5.41, 5.74) is 6.59. The highest BCUT2D eigenvalue weighted by molar-refractivity contribution is 5.92. The molecule has 2 rings (SSSR count). The Hall–Kier alpha value is -2.11. The van der Waals surface area contributed by atoms with Crippen molar-refractivity contribution < 1.29 is 13.9 Å². The molecule has 0 spiro atoms. The molecule has 1 unspecified atom stereocenters. The van der Waals surface area contributed by atoms with Crippen molar-refractivity contribution in [3.63, 3.8) is 0 Å². The molecular formula is C18H22ClFN2O2. The molecule has 0 fully saturated rings. The maximum atomic E-state index is 13.6. The van der Waals surface area contributed by atoms with Crippen molar-refractivity contribution >= 4 is 24.0 Å². The van der Waals surface area contributed by atoms with Crippen LogP contribution in [0.2, 0.25) is 0 Å². The van der Waals surface area contributed by atoms with Crippen LogP contribution in [0.3, 0.4) is 0 Å². The van der Waals surface area contributed by atoms with Gasteiger partial charge in [-0.3, -0.25) is 4.79 Å². The summed E-state index contributed by atoms with van der Waals surface area (Å²) in [6.07, 6.45) is 0.357. The van der Waals surface area contributed by atoms with E-state index in [4.69, 9.17) is 10.5 Å². The third-order valence-electron chi connectivity index (χ3n) is 3.44. The quantitative estimate of drug-likeness (QED) is 0.802. The number of carbonyl (C=O) groups excluding carboxylic acids is 1. The van der Waals surface area contributed by atoms with Crippen LogP contribution in [-0.4, -0.2) is 19.1 Å². The summed E-state index contributed by atoms with van der Waals surface area (Å²) in [6, 6.07) is 13.6. The number of nitrogens with one attached hydrogen (secondary N) is 1. The first-order chi connectivity index (χ1) is 11.1. The molecular weight excluding hydrogens is 331 g/mol. The molecule has 0 aliphatic carbocycles. The van der Waals surface area contributed by atoms with E-state index in [1.54, 1.807) is 49.4 Å². The minimum absolute atomic E-state index is 0. The molecule has 24 heavy (non-hydrogen) atoms. The molecule has 0 radical (unpaired) electrons. The highest BCUT2D eigenvalue weighted by Gasteiger charge is 2.15. The van der Waals surface area contributed by atoms with Crippen molar-refractivity contribution in [2.24, 2.45) is 11.7 Å². The number of hydrogen-bond acceptors (Lipinski definition) is 3. The molecule has 2 aromatic carbocycles. The van der Waals surface area contributed by atoms with Gasteiger partial charge in [-0.15, -0.1) is 12.4 Å². The average molecular weight is 353 g/mol. The SMILES string of the molecule is CC(Cc1ccccc1F)C(=O)Nc1ccc(OCCN)cc1.Cl.